The van der Waals surface area contributed by atoms with Crippen molar-refractivity contribution in [2.24, 2.45) is 0 Å². The molecule has 6 nitrogen and oxygen atoms in total. The lowest BCUT2D eigenvalue weighted by Crippen LogP contribution is -2.12. The van der Waals surface area contributed by atoms with Crippen molar-refractivity contribution in [3.8, 4) is 5.75 Å². The minimum Gasteiger partial charge on any atom is -0.495 e. The standard InChI is InChI=1S/C14H11ClN2O4/c1-21-13-5-3-2-4-11(13)16-14(18)9-6-7-12(17(19)20)10(15)8-9/h2-8H,1H3,(H,16,18). The molecule has 0 spiro atoms. The number of halogens is 1. The molecule has 0 radical (unpaired) electrons. The van der Waals surface area contributed by atoms with E-state index in [1.54, 1.807) is 24.3 Å². The molecule has 0 heterocycles. The summed E-state index contributed by atoms with van der Waals surface area (Å²) in [5.41, 5.74) is 0.474. The molecule has 0 saturated heterocycles. The van der Waals surface area contributed by atoms with Gasteiger partial charge in [-0.05, 0) is 24.3 Å². The van der Waals surface area contributed by atoms with Crippen LogP contribution in [0.3, 0.4) is 0 Å². The molecule has 21 heavy (non-hydrogen) atoms. The zero-order valence-electron chi connectivity index (χ0n) is 11.0. The Morgan fingerprint density at radius 1 is 1.29 bits per heavy atom. The second-order valence-corrected chi connectivity index (χ2v) is 4.48. The maximum absolute atomic E-state index is 12.1. The van der Waals surface area contributed by atoms with Crippen LogP contribution in [0.1, 0.15) is 10.4 Å². The van der Waals surface area contributed by atoms with Gasteiger partial charge >= 0.3 is 0 Å². The first-order valence-corrected chi connectivity index (χ1v) is 6.29. The lowest BCUT2D eigenvalue weighted by molar-refractivity contribution is -0.384. The van der Waals surface area contributed by atoms with Crippen molar-refractivity contribution in [2.45, 2.75) is 0 Å². The average Bonchev–Trinajstić information content (AvgIpc) is 2.47. The summed E-state index contributed by atoms with van der Waals surface area (Å²) < 4.78 is 5.13. The van der Waals surface area contributed by atoms with Crippen molar-refractivity contribution >= 4 is 28.9 Å². The third-order valence-corrected chi connectivity index (χ3v) is 3.06. The van der Waals surface area contributed by atoms with Gasteiger partial charge in [0.25, 0.3) is 11.6 Å². The van der Waals surface area contributed by atoms with E-state index in [-0.39, 0.29) is 16.3 Å². The molecule has 0 aliphatic rings. The number of amides is 1. The molecule has 0 bridgehead atoms. The number of nitrogens with zero attached hydrogens (tertiary/aromatic N) is 1. The van der Waals surface area contributed by atoms with Gasteiger partial charge in [0.2, 0.25) is 0 Å². The van der Waals surface area contributed by atoms with Gasteiger partial charge in [0.15, 0.2) is 0 Å². The fourth-order valence-corrected chi connectivity index (χ4v) is 1.99. The number of anilines is 1. The van der Waals surface area contributed by atoms with Gasteiger partial charge in [-0.2, -0.15) is 0 Å². The molecular weight excluding hydrogens is 296 g/mol. The summed E-state index contributed by atoms with van der Waals surface area (Å²) in [4.78, 5) is 22.2. The highest BCUT2D eigenvalue weighted by molar-refractivity contribution is 6.33. The Morgan fingerprint density at radius 3 is 2.62 bits per heavy atom. The number of nitrogens with one attached hydrogen (secondary N) is 1. The van der Waals surface area contributed by atoms with E-state index in [0.717, 1.165) is 0 Å². The van der Waals surface area contributed by atoms with Gasteiger partial charge in [0, 0.05) is 11.6 Å². The smallest absolute Gasteiger partial charge is 0.287 e. The van der Waals surface area contributed by atoms with Crippen LogP contribution >= 0.6 is 11.6 Å². The largest absolute Gasteiger partial charge is 0.495 e. The zero-order chi connectivity index (χ0) is 15.4. The second-order valence-electron chi connectivity index (χ2n) is 4.08. The zero-order valence-corrected chi connectivity index (χ0v) is 11.8. The minimum atomic E-state index is -0.607. The number of nitro benzene ring substituents is 1. The molecule has 0 atom stereocenters. The third-order valence-electron chi connectivity index (χ3n) is 2.76. The summed E-state index contributed by atoms with van der Waals surface area (Å²) in [6, 6.07) is 10.7. The number of carbonyl (C=O) groups is 1. The van der Waals surface area contributed by atoms with Crippen molar-refractivity contribution in [1.82, 2.24) is 0 Å². The predicted molar refractivity (Wildman–Crippen MR) is 79.1 cm³/mol. The molecule has 0 saturated carbocycles. The summed E-state index contributed by atoms with van der Waals surface area (Å²) in [6.07, 6.45) is 0. The Morgan fingerprint density at radius 2 is 2.00 bits per heavy atom. The van der Waals surface area contributed by atoms with Crippen LogP contribution < -0.4 is 10.1 Å². The van der Waals surface area contributed by atoms with Gasteiger partial charge < -0.3 is 10.1 Å². The molecule has 108 valence electrons. The van der Waals surface area contributed by atoms with Crippen molar-refractivity contribution in [2.75, 3.05) is 12.4 Å². The minimum absolute atomic E-state index is 0.0901. The van der Waals surface area contributed by atoms with Gasteiger partial charge in [-0.25, -0.2) is 0 Å². The summed E-state index contributed by atoms with van der Waals surface area (Å²) >= 11 is 5.78. The Labute approximate surface area is 125 Å². The average molecular weight is 307 g/mol. The summed E-state index contributed by atoms with van der Waals surface area (Å²) in [7, 11) is 1.49. The molecule has 0 unspecified atom stereocenters. The number of carbonyl (C=O) groups excluding carboxylic acids is 1. The monoisotopic (exact) mass is 306 g/mol. The number of nitro groups is 1. The summed E-state index contributed by atoms with van der Waals surface area (Å²) in [5.74, 6) is 0.0788. The first kappa shape index (κ1) is 14.8. The molecule has 0 aliphatic heterocycles. The number of hydrogen-bond acceptors (Lipinski definition) is 4. The van der Waals surface area contributed by atoms with Crippen LogP contribution in [0.15, 0.2) is 42.5 Å². The molecule has 2 rings (SSSR count). The van der Waals surface area contributed by atoms with E-state index in [1.807, 2.05) is 0 Å². The van der Waals surface area contributed by atoms with Crippen molar-refractivity contribution in [3.05, 3.63) is 63.2 Å². The van der Waals surface area contributed by atoms with E-state index in [2.05, 4.69) is 5.32 Å². The summed E-state index contributed by atoms with van der Waals surface area (Å²) in [5, 5.41) is 13.3. The molecule has 0 aromatic heterocycles. The predicted octanol–water partition coefficient (Wildman–Crippen LogP) is 3.51. The van der Waals surface area contributed by atoms with Crippen molar-refractivity contribution < 1.29 is 14.5 Å². The lowest BCUT2D eigenvalue weighted by atomic mass is 10.2. The van der Waals surface area contributed by atoms with E-state index in [9.17, 15) is 14.9 Å². The van der Waals surface area contributed by atoms with E-state index in [0.29, 0.717) is 11.4 Å². The lowest BCUT2D eigenvalue weighted by Gasteiger charge is -2.09. The highest BCUT2D eigenvalue weighted by Crippen LogP contribution is 2.27. The maximum atomic E-state index is 12.1. The Bertz CT molecular complexity index is 703. The molecule has 1 N–H and O–H groups in total. The number of rotatable bonds is 4. The fourth-order valence-electron chi connectivity index (χ4n) is 1.74. The molecular formula is C14H11ClN2O4. The number of benzene rings is 2. The summed E-state index contributed by atoms with van der Waals surface area (Å²) in [6.45, 7) is 0. The highest BCUT2D eigenvalue weighted by Gasteiger charge is 2.16. The molecule has 0 aliphatic carbocycles. The van der Waals surface area contributed by atoms with Crippen molar-refractivity contribution in [1.29, 1.82) is 0 Å². The van der Waals surface area contributed by atoms with E-state index >= 15 is 0 Å². The van der Waals surface area contributed by atoms with Crippen LogP contribution in [0.2, 0.25) is 5.02 Å². The van der Waals surface area contributed by atoms with Gasteiger partial charge in [-0.1, -0.05) is 23.7 Å². The number of para-hydroxylation sites is 2. The topological polar surface area (TPSA) is 81.5 Å². The van der Waals surface area contributed by atoms with Crippen LogP contribution in [0.4, 0.5) is 11.4 Å². The van der Waals surface area contributed by atoms with E-state index in [1.165, 1.54) is 25.3 Å². The maximum Gasteiger partial charge on any atom is 0.287 e. The fraction of sp³-hybridized carbons (Fsp3) is 0.0714. The van der Waals surface area contributed by atoms with Crippen LogP contribution in [-0.2, 0) is 0 Å². The Kier molecular flexibility index (Phi) is 4.39. The molecule has 2 aromatic carbocycles. The highest BCUT2D eigenvalue weighted by atomic mass is 35.5. The Hall–Kier alpha value is -2.60. The Balaban J connectivity index is 2.25. The van der Waals surface area contributed by atoms with Gasteiger partial charge in [0.05, 0.1) is 17.7 Å². The molecule has 7 heteroatoms. The first-order valence-electron chi connectivity index (χ1n) is 5.91. The van der Waals surface area contributed by atoms with Crippen LogP contribution in [0.25, 0.3) is 0 Å². The van der Waals surface area contributed by atoms with Crippen molar-refractivity contribution in [3.63, 3.8) is 0 Å². The number of hydrogen-bond donors (Lipinski definition) is 1. The van der Waals surface area contributed by atoms with E-state index < -0.39 is 10.8 Å². The van der Waals surface area contributed by atoms with Crippen LogP contribution in [-0.4, -0.2) is 17.9 Å². The molecule has 0 fully saturated rings. The number of ether oxygens (including phenoxy) is 1. The third kappa shape index (κ3) is 3.29. The SMILES string of the molecule is COc1ccccc1NC(=O)c1ccc([N+](=O)[O-])c(Cl)c1. The van der Waals surface area contributed by atoms with Gasteiger partial charge in [0.1, 0.15) is 10.8 Å². The van der Waals surface area contributed by atoms with Gasteiger partial charge in [-0.3, -0.25) is 14.9 Å². The quantitative estimate of drug-likeness (QED) is 0.692. The normalized spacial score (nSPS) is 10.0. The molecule has 1 amide bonds. The van der Waals surface area contributed by atoms with Gasteiger partial charge in [-0.15, -0.1) is 0 Å². The van der Waals surface area contributed by atoms with E-state index in [4.69, 9.17) is 16.3 Å². The second kappa shape index (κ2) is 6.23. The van der Waals surface area contributed by atoms with Crippen LogP contribution in [0.5, 0.6) is 5.75 Å². The number of methoxy groups -OCH3 is 1. The first-order chi connectivity index (χ1) is 10.0. The molecule has 2 aromatic rings. The van der Waals surface area contributed by atoms with Crippen LogP contribution in [0, 0.1) is 10.1 Å².